The van der Waals surface area contributed by atoms with Gasteiger partial charge in [-0.3, -0.25) is 4.31 Å². The molecule has 0 spiro atoms. The number of nitrogens with one attached hydrogen (secondary N) is 1. The highest BCUT2D eigenvalue weighted by Gasteiger charge is 2.23. The van der Waals surface area contributed by atoms with Gasteiger partial charge in [0.2, 0.25) is 0 Å². The fraction of sp³-hybridized carbons (Fsp3) is 0.190. The van der Waals surface area contributed by atoms with Crippen LogP contribution >= 0.6 is 0 Å². The van der Waals surface area contributed by atoms with Crippen molar-refractivity contribution in [1.29, 1.82) is 0 Å². The second-order valence-corrected chi connectivity index (χ2v) is 7.88. The van der Waals surface area contributed by atoms with E-state index in [0.717, 1.165) is 12.1 Å². The van der Waals surface area contributed by atoms with Gasteiger partial charge < -0.3 is 5.32 Å². The molecule has 0 aliphatic heterocycles. The van der Waals surface area contributed by atoms with Crippen molar-refractivity contribution in [3.63, 3.8) is 0 Å². The Kier molecular flexibility index (Phi) is 5.76. The van der Waals surface area contributed by atoms with Crippen LogP contribution in [-0.2, 0) is 16.4 Å². The van der Waals surface area contributed by atoms with Gasteiger partial charge in [0.1, 0.15) is 10.7 Å². The summed E-state index contributed by atoms with van der Waals surface area (Å²) >= 11 is 0. The zero-order valence-electron chi connectivity index (χ0n) is 15.5. The molecule has 0 unspecified atom stereocenters. The zero-order valence-corrected chi connectivity index (χ0v) is 16.3. The van der Waals surface area contributed by atoms with E-state index in [1.165, 1.54) is 16.1 Å². The van der Waals surface area contributed by atoms with Gasteiger partial charge >= 0.3 is 0 Å². The van der Waals surface area contributed by atoms with E-state index < -0.39 is 10.0 Å². The number of nitrogens with zero attached hydrogens (tertiary/aromatic N) is 2. The summed E-state index contributed by atoms with van der Waals surface area (Å²) in [6.07, 6.45) is 2.30. The highest BCUT2D eigenvalue weighted by molar-refractivity contribution is 7.92. The summed E-state index contributed by atoms with van der Waals surface area (Å²) in [7, 11) is -3.66. The van der Waals surface area contributed by atoms with E-state index >= 15 is 0 Å². The van der Waals surface area contributed by atoms with Crippen LogP contribution in [0, 0.1) is 0 Å². The normalized spacial score (nSPS) is 11.2. The fourth-order valence-electron chi connectivity index (χ4n) is 2.91. The van der Waals surface area contributed by atoms with Crippen molar-refractivity contribution in [2.45, 2.75) is 25.2 Å². The van der Waals surface area contributed by atoms with Gasteiger partial charge in [-0.25, -0.2) is 13.4 Å². The Bertz CT molecular complexity index is 987. The smallest absolute Gasteiger partial charge is 0.265 e. The van der Waals surface area contributed by atoms with E-state index in [4.69, 9.17) is 0 Å². The molecule has 0 aliphatic carbocycles. The molecule has 3 aromatic rings. The highest BCUT2D eigenvalue weighted by atomic mass is 32.2. The van der Waals surface area contributed by atoms with Crippen LogP contribution in [0.5, 0.6) is 0 Å². The third-order valence-corrected chi connectivity index (χ3v) is 6.20. The number of rotatable bonds is 7. The van der Waals surface area contributed by atoms with Crippen LogP contribution in [0.3, 0.4) is 0 Å². The Morgan fingerprint density at radius 3 is 2.26 bits per heavy atom. The summed E-state index contributed by atoms with van der Waals surface area (Å²) in [5.41, 5.74) is 2.79. The molecule has 27 heavy (non-hydrogen) atoms. The predicted molar refractivity (Wildman–Crippen MR) is 110 cm³/mol. The molecule has 2 aromatic carbocycles. The number of aryl methyl sites for hydroxylation is 1. The van der Waals surface area contributed by atoms with Gasteiger partial charge in [0.15, 0.2) is 0 Å². The average Bonchev–Trinajstić information content (AvgIpc) is 2.70. The number of para-hydroxylation sites is 2. The number of sulfonamides is 1. The molecule has 3 rings (SSSR count). The van der Waals surface area contributed by atoms with Crippen molar-refractivity contribution in [1.82, 2.24) is 4.98 Å². The summed E-state index contributed by atoms with van der Waals surface area (Å²) < 4.78 is 27.4. The highest BCUT2D eigenvalue weighted by Crippen LogP contribution is 2.25. The SMILES string of the molecule is CCc1ccccc1Nc1ccc(S(=O)(=O)N(CC)c2ccccc2)cn1. The average molecular weight is 382 g/mol. The second-order valence-electron chi connectivity index (χ2n) is 6.02. The first-order valence-electron chi connectivity index (χ1n) is 8.95. The Labute approximate surface area is 160 Å². The predicted octanol–water partition coefficient (Wildman–Crippen LogP) is 4.60. The van der Waals surface area contributed by atoms with Crippen molar-refractivity contribution < 1.29 is 8.42 Å². The number of hydrogen-bond donors (Lipinski definition) is 1. The van der Waals surface area contributed by atoms with Crippen LogP contribution in [0.15, 0.2) is 77.8 Å². The van der Waals surface area contributed by atoms with E-state index in [0.29, 0.717) is 18.1 Å². The molecule has 0 amide bonds. The fourth-order valence-corrected chi connectivity index (χ4v) is 4.33. The third kappa shape index (κ3) is 4.11. The van der Waals surface area contributed by atoms with Gasteiger partial charge in [0, 0.05) is 18.4 Å². The molecule has 0 aliphatic rings. The Balaban J connectivity index is 1.86. The van der Waals surface area contributed by atoms with Crippen LogP contribution in [0.2, 0.25) is 0 Å². The molecule has 0 saturated heterocycles. The summed E-state index contributed by atoms with van der Waals surface area (Å²) in [4.78, 5) is 4.48. The lowest BCUT2D eigenvalue weighted by atomic mass is 10.1. The summed E-state index contributed by atoms with van der Waals surface area (Å²) in [6.45, 7) is 4.25. The maximum Gasteiger partial charge on any atom is 0.265 e. The molecule has 1 aromatic heterocycles. The zero-order chi connectivity index (χ0) is 19.3. The van der Waals surface area contributed by atoms with Crippen molar-refractivity contribution >= 4 is 27.2 Å². The summed E-state index contributed by atoms with van der Waals surface area (Å²) in [5.74, 6) is 0.609. The second kappa shape index (κ2) is 8.22. The van der Waals surface area contributed by atoms with E-state index in [1.54, 1.807) is 24.3 Å². The van der Waals surface area contributed by atoms with Gasteiger partial charge in [-0.2, -0.15) is 0 Å². The van der Waals surface area contributed by atoms with E-state index in [9.17, 15) is 8.42 Å². The van der Waals surface area contributed by atoms with Crippen LogP contribution in [0.4, 0.5) is 17.2 Å². The van der Waals surface area contributed by atoms with Crippen LogP contribution in [-0.4, -0.2) is 19.9 Å². The number of aromatic nitrogens is 1. The molecule has 0 atom stereocenters. The van der Waals surface area contributed by atoms with Crippen molar-refractivity contribution in [2.24, 2.45) is 0 Å². The molecule has 5 nitrogen and oxygen atoms in total. The van der Waals surface area contributed by atoms with E-state index in [-0.39, 0.29) is 4.90 Å². The van der Waals surface area contributed by atoms with Crippen molar-refractivity contribution in [2.75, 3.05) is 16.2 Å². The first-order chi connectivity index (χ1) is 13.1. The minimum atomic E-state index is -3.66. The number of hydrogen-bond acceptors (Lipinski definition) is 4. The van der Waals surface area contributed by atoms with Crippen LogP contribution < -0.4 is 9.62 Å². The Morgan fingerprint density at radius 2 is 1.63 bits per heavy atom. The molecule has 1 heterocycles. The van der Waals surface area contributed by atoms with Crippen molar-refractivity contribution in [3.8, 4) is 0 Å². The summed E-state index contributed by atoms with van der Waals surface area (Å²) in [6, 6.07) is 20.4. The topological polar surface area (TPSA) is 62.3 Å². The largest absolute Gasteiger partial charge is 0.340 e. The molecule has 140 valence electrons. The molecule has 1 N–H and O–H groups in total. The lowest BCUT2D eigenvalue weighted by molar-refractivity contribution is 0.591. The standard InChI is InChI=1S/C21H23N3O2S/c1-3-17-10-8-9-13-20(17)23-21-15-14-19(16-22-21)27(25,26)24(4-2)18-11-6-5-7-12-18/h5-16H,3-4H2,1-2H3,(H,22,23). The Morgan fingerprint density at radius 1 is 0.926 bits per heavy atom. The number of benzene rings is 2. The van der Waals surface area contributed by atoms with Crippen LogP contribution in [0.1, 0.15) is 19.4 Å². The lowest BCUT2D eigenvalue weighted by Crippen LogP contribution is -2.30. The maximum absolute atomic E-state index is 13.0. The molecule has 0 bridgehead atoms. The molecule has 0 radical (unpaired) electrons. The molecule has 6 heteroatoms. The third-order valence-electron chi connectivity index (χ3n) is 4.32. The molecular formula is C21H23N3O2S. The first-order valence-corrected chi connectivity index (χ1v) is 10.4. The van der Waals surface area contributed by atoms with Gasteiger partial charge in [0.05, 0.1) is 5.69 Å². The van der Waals surface area contributed by atoms with E-state index in [1.807, 2.05) is 43.3 Å². The van der Waals surface area contributed by atoms with Gasteiger partial charge in [-0.05, 0) is 49.2 Å². The monoisotopic (exact) mass is 381 g/mol. The minimum absolute atomic E-state index is 0.169. The van der Waals surface area contributed by atoms with E-state index in [2.05, 4.69) is 23.3 Å². The van der Waals surface area contributed by atoms with Crippen molar-refractivity contribution in [3.05, 3.63) is 78.5 Å². The van der Waals surface area contributed by atoms with Gasteiger partial charge in [-0.15, -0.1) is 0 Å². The molecule has 0 saturated carbocycles. The van der Waals surface area contributed by atoms with Gasteiger partial charge in [0.25, 0.3) is 10.0 Å². The van der Waals surface area contributed by atoms with Crippen LogP contribution in [0.25, 0.3) is 0 Å². The molecule has 0 fully saturated rings. The maximum atomic E-state index is 13.0. The lowest BCUT2D eigenvalue weighted by Gasteiger charge is -2.22. The number of anilines is 3. The summed E-state index contributed by atoms with van der Waals surface area (Å²) in [5, 5.41) is 3.26. The van der Waals surface area contributed by atoms with Gasteiger partial charge in [-0.1, -0.05) is 43.3 Å². The minimum Gasteiger partial charge on any atom is -0.340 e. The number of pyridine rings is 1. The Hall–Kier alpha value is -2.86. The molecular weight excluding hydrogens is 358 g/mol. The quantitative estimate of drug-likeness (QED) is 0.649. The first kappa shape index (κ1) is 18.9.